The maximum Gasteiger partial charge on any atom is 0.144 e. The highest BCUT2D eigenvalue weighted by Crippen LogP contribution is 2.15. The summed E-state index contributed by atoms with van der Waals surface area (Å²) in [5.74, 6) is 0.984. The van der Waals surface area contributed by atoms with Crippen LogP contribution in [0.1, 0.15) is 6.42 Å². The molecule has 3 nitrogen and oxygen atoms in total. The molecule has 0 aromatic rings. The van der Waals surface area contributed by atoms with E-state index in [1.165, 1.54) is 0 Å². The lowest BCUT2D eigenvalue weighted by atomic mass is 10.1. The van der Waals surface area contributed by atoms with Gasteiger partial charge in [0, 0.05) is 0 Å². The minimum Gasteiger partial charge on any atom is -0.397 e. The van der Waals surface area contributed by atoms with Gasteiger partial charge in [-0.2, -0.15) is 0 Å². The van der Waals surface area contributed by atoms with E-state index in [1.807, 2.05) is 12.2 Å². The topological polar surface area (TPSA) is 33.3 Å². The molecule has 1 heterocycles. The monoisotopic (exact) mass is 124 g/mol. The van der Waals surface area contributed by atoms with Gasteiger partial charge < -0.3 is 4.84 Å². The van der Waals surface area contributed by atoms with E-state index in [0.717, 1.165) is 12.2 Å². The second-order valence-corrected chi connectivity index (χ2v) is 2.13. The van der Waals surface area contributed by atoms with Crippen molar-refractivity contribution in [2.24, 2.45) is 0 Å². The van der Waals surface area contributed by atoms with Crippen LogP contribution >= 0.6 is 0 Å². The molecule has 1 atom stereocenters. The lowest BCUT2D eigenvalue weighted by Gasteiger charge is -2.06. The first-order valence-corrected chi connectivity index (χ1v) is 3.01. The van der Waals surface area contributed by atoms with E-state index in [9.17, 15) is 0 Å². The molecule has 0 amide bonds. The van der Waals surface area contributed by atoms with Crippen molar-refractivity contribution in [1.29, 1.82) is 0 Å². The maximum absolute atomic E-state index is 5.01. The zero-order chi connectivity index (χ0) is 6.10. The largest absolute Gasteiger partial charge is 0.397 e. The van der Waals surface area contributed by atoms with Gasteiger partial charge in [-0.3, -0.25) is 0 Å². The third-order valence-corrected chi connectivity index (χ3v) is 1.51. The van der Waals surface area contributed by atoms with Gasteiger partial charge in [-0.05, 0) is 12.5 Å². The molecule has 0 saturated carbocycles. The van der Waals surface area contributed by atoms with Gasteiger partial charge in [0.2, 0.25) is 0 Å². The lowest BCUT2D eigenvalue weighted by Crippen LogP contribution is -2.29. The van der Waals surface area contributed by atoms with E-state index in [-0.39, 0.29) is 0 Å². The van der Waals surface area contributed by atoms with Gasteiger partial charge in [0.05, 0.1) is 6.04 Å². The van der Waals surface area contributed by atoms with Crippen LogP contribution in [0.25, 0.3) is 0 Å². The summed E-state index contributed by atoms with van der Waals surface area (Å²) >= 11 is 0. The van der Waals surface area contributed by atoms with E-state index < -0.39 is 0 Å². The molecule has 0 spiro atoms. The molecule has 1 unspecified atom stereocenters. The molecule has 1 saturated heterocycles. The summed E-state index contributed by atoms with van der Waals surface area (Å²) in [6.45, 7) is 0. The minimum atomic E-state index is 0.356. The van der Waals surface area contributed by atoms with Crippen LogP contribution in [0.3, 0.4) is 0 Å². The summed E-state index contributed by atoms with van der Waals surface area (Å²) in [5.41, 5.74) is 5.57. The molecular weight excluding hydrogens is 116 g/mol. The Morgan fingerprint density at radius 2 is 2.67 bits per heavy atom. The van der Waals surface area contributed by atoms with Gasteiger partial charge in [0.25, 0.3) is 0 Å². The SMILES string of the molecule is C1=CCC2NNOC2=C1. The molecule has 1 aliphatic heterocycles. The van der Waals surface area contributed by atoms with Crippen molar-refractivity contribution in [3.8, 4) is 0 Å². The Morgan fingerprint density at radius 1 is 1.67 bits per heavy atom. The maximum atomic E-state index is 5.01. The third kappa shape index (κ3) is 0.742. The number of rotatable bonds is 0. The third-order valence-electron chi connectivity index (χ3n) is 1.51. The van der Waals surface area contributed by atoms with E-state index >= 15 is 0 Å². The molecule has 1 aliphatic carbocycles. The van der Waals surface area contributed by atoms with Gasteiger partial charge >= 0.3 is 0 Å². The first kappa shape index (κ1) is 5.02. The smallest absolute Gasteiger partial charge is 0.144 e. The van der Waals surface area contributed by atoms with Crippen LogP contribution in [-0.2, 0) is 4.84 Å². The molecule has 2 rings (SSSR count). The standard InChI is InChI=1S/C6H8N2O/c1-2-4-6-5(3-1)7-8-9-6/h1-2,4-5,7-8H,3H2. The van der Waals surface area contributed by atoms with Crippen molar-refractivity contribution in [1.82, 2.24) is 11.0 Å². The number of hydrazine groups is 1. The zero-order valence-corrected chi connectivity index (χ0v) is 4.92. The average Bonchev–Trinajstić information content (AvgIpc) is 2.33. The number of hydrogen-bond acceptors (Lipinski definition) is 3. The van der Waals surface area contributed by atoms with Crippen LogP contribution in [-0.4, -0.2) is 6.04 Å². The van der Waals surface area contributed by atoms with Crippen molar-refractivity contribution >= 4 is 0 Å². The quantitative estimate of drug-likeness (QED) is 0.485. The molecular formula is C6H8N2O. The molecule has 0 bridgehead atoms. The molecule has 9 heavy (non-hydrogen) atoms. The first-order chi connectivity index (χ1) is 4.47. The highest BCUT2D eigenvalue weighted by molar-refractivity contribution is 5.20. The summed E-state index contributed by atoms with van der Waals surface area (Å²) < 4.78 is 0. The molecule has 1 fully saturated rings. The van der Waals surface area contributed by atoms with Gasteiger partial charge in [-0.1, -0.05) is 17.7 Å². The Morgan fingerprint density at radius 3 is 3.56 bits per heavy atom. The normalized spacial score (nSPS) is 31.1. The van der Waals surface area contributed by atoms with Gasteiger partial charge in [-0.25, -0.2) is 5.43 Å². The minimum absolute atomic E-state index is 0.356. The van der Waals surface area contributed by atoms with Crippen LogP contribution in [0.2, 0.25) is 0 Å². The number of allylic oxidation sites excluding steroid dienone is 2. The summed E-state index contributed by atoms with van der Waals surface area (Å²) in [6, 6.07) is 0.356. The summed E-state index contributed by atoms with van der Waals surface area (Å²) in [4.78, 5) is 5.01. The predicted molar refractivity (Wildman–Crippen MR) is 33.0 cm³/mol. The lowest BCUT2D eigenvalue weighted by molar-refractivity contribution is 0.131. The Balaban J connectivity index is 2.23. The van der Waals surface area contributed by atoms with Crippen LogP contribution < -0.4 is 11.0 Å². The highest BCUT2D eigenvalue weighted by Gasteiger charge is 2.21. The number of fused-ring (bicyclic) bond motifs is 1. The second kappa shape index (κ2) is 1.86. The zero-order valence-electron chi connectivity index (χ0n) is 4.92. The Hall–Kier alpha value is -0.800. The number of hydrogen-bond donors (Lipinski definition) is 2. The van der Waals surface area contributed by atoms with E-state index in [0.29, 0.717) is 6.04 Å². The van der Waals surface area contributed by atoms with E-state index in [2.05, 4.69) is 17.1 Å². The summed E-state index contributed by atoms with van der Waals surface area (Å²) in [5, 5.41) is 0. The number of nitrogens with one attached hydrogen (secondary N) is 2. The fourth-order valence-corrected chi connectivity index (χ4v) is 1.00. The predicted octanol–water partition coefficient (Wildman–Crippen LogP) is 0.238. The fourth-order valence-electron chi connectivity index (χ4n) is 1.00. The van der Waals surface area contributed by atoms with Crippen LogP contribution in [0, 0.1) is 0 Å². The Labute approximate surface area is 53.3 Å². The van der Waals surface area contributed by atoms with Gasteiger partial charge in [0.1, 0.15) is 5.76 Å². The van der Waals surface area contributed by atoms with Gasteiger partial charge in [-0.15, -0.1) is 0 Å². The Bertz CT molecular complexity index is 174. The first-order valence-electron chi connectivity index (χ1n) is 3.01. The molecule has 0 aromatic heterocycles. The molecule has 2 aliphatic rings. The van der Waals surface area contributed by atoms with Crippen molar-refractivity contribution in [3.05, 3.63) is 24.0 Å². The fraction of sp³-hybridized carbons (Fsp3) is 0.333. The van der Waals surface area contributed by atoms with Crippen molar-refractivity contribution in [3.63, 3.8) is 0 Å². The van der Waals surface area contributed by atoms with Crippen LogP contribution in [0.15, 0.2) is 24.0 Å². The molecule has 2 N–H and O–H groups in total. The van der Waals surface area contributed by atoms with E-state index in [1.54, 1.807) is 0 Å². The van der Waals surface area contributed by atoms with Crippen molar-refractivity contribution in [2.45, 2.75) is 12.5 Å². The average molecular weight is 124 g/mol. The molecule has 48 valence electrons. The van der Waals surface area contributed by atoms with E-state index in [4.69, 9.17) is 4.84 Å². The Kier molecular flexibility index (Phi) is 1.04. The van der Waals surface area contributed by atoms with Crippen molar-refractivity contribution in [2.75, 3.05) is 0 Å². The highest BCUT2D eigenvalue weighted by atomic mass is 16.7. The second-order valence-electron chi connectivity index (χ2n) is 2.13. The molecule has 0 aromatic carbocycles. The van der Waals surface area contributed by atoms with Gasteiger partial charge in [0.15, 0.2) is 0 Å². The van der Waals surface area contributed by atoms with Crippen LogP contribution in [0.4, 0.5) is 0 Å². The summed E-state index contributed by atoms with van der Waals surface area (Å²) in [6.07, 6.45) is 7.08. The summed E-state index contributed by atoms with van der Waals surface area (Å²) in [7, 11) is 0. The van der Waals surface area contributed by atoms with Crippen molar-refractivity contribution < 1.29 is 4.84 Å². The molecule has 3 heteroatoms. The molecule has 0 radical (unpaired) electrons. The van der Waals surface area contributed by atoms with Crippen LogP contribution in [0.5, 0.6) is 0 Å².